The SMILES string of the molecule is Cc1ccc(S(=O)(=O)N=S2c3cc(C(C)(C)C)cc(c3O)Sc3cc(C(C)(C)C)cc(c3O)Sc3cc(C(C)(C)C)cc(c3O)Sc3cc(C(C)(C)C)cc2c3O)cc1. The molecule has 0 saturated heterocycles. The van der Waals surface area contributed by atoms with E-state index in [2.05, 4.69) is 45.3 Å². The Kier molecular flexibility index (Phi) is 12.0. The summed E-state index contributed by atoms with van der Waals surface area (Å²) in [6.45, 7) is 26.6. The second-order valence-electron chi connectivity index (χ2n) is 19.2. The molecule has 1 heterocycles. The quantitative estimate of drug-likeness (QED) is 0.134. The molecule has 0 unspecified atom stereocenters. The smallest absolute Gasteiger partial charge is 0.288 e. The number of aryl methyl sites for hydroxylation is 1. The van der Waals surface area contributed by atoms with E-state index in [1.165, 1.54) is 47.4 Å². The zero-order valence-corrected chi connectivity index (χ0v) is 40.1. The standard InChI is InChI=1S/C47H55NO6S5/c1-26-14-16-31(17-15-26)59(53,54)48-58-38-24-29(46(8,9)10)22-36(42(38)51)56-34-20-27(44(2,3)4)18-32(40(34)49)55-33-19-28(45(5,6)7)21-35(41(33)50)57-37-23-30(47(11,12)13)25-39(58)43(37)52/h14-25,49-52H,1-13H3. The topological polar surface area (TPSA) is 127 Å². The summed E-state index contributed by atoms with van der Waals surface area (Å²) in [6, 6.07) is 21.5. The van der Waals surface area contributed by atoms with Gasteiger partial charge in [0.2, 0.25) is 0 Å². The van der Waals surface area contributed by atoms with Gasteiger partial charge >= 0.3 is 0 Å². The molecule has 12 heteroatoms. The first-order valence-electron chi connectivity index (χ1n) is 19.4. The number of phenols is 4. The molecule has 6 rings (SSSR count). The van der Waals surface area contributed by atoms with Gasteiger partial charge in [0.25, 0.3) is 10.0 Å². The van der Waals surface area contributed by atoms with Gasteiger partial charge in [0.15, 0.2) is 0 Å². The fourth-order valence-corrected chi connectivity index (χ4v) is 13.1. The van der Waals surface area contributed by atoms with Crippen LogP contribution >= 0.6 is 35.3 Å². The van der Waals surface area contributed by atoms with E-state index < -0.39 is 31.5 Å². The molecule has 5 aromatic rings. The normalized spacial score (nSPS) is 14.3. The number of hydrogen-bond acceptors (Lipinski definition) is 9. The summed E-state index contributed by atoms with van der Waals surface area (Å²) in [5.41, 5.74) is 2.73. The third-order valence-corrected chi connectivity index (χ3v) is 17.1. The first kappa shape index (κ1) is 45.0. The molecule has 1 aliphatic heterocycles. The summed E-state index contributed by atoms with van der Waals surface area (Å²) in [5.74, 6) is -0.437. The van der Waals surface area contributed by atoms with Gasteiger partial charge in [-0.15, -0.1) is 3.77 Å². The fourth-order valence-electron chi connectivity index (χ4n) is 6.23. The molecule has 7 nitrogen and oxygen atoms in total. The Bertz CT molecular complexity index is 2480. The Morgan fingerprint density at radius 3 is 1.02 bits per heavy atom. The molecular formula is C47H55NO6S5. The molecule has 0 spiro atoms. The van der Waals surface area contributed by atoms with Crippen molar-refractivity contribution in [2.45, 2.75) is 156 Å². The van der Waals surface area contributed by atoms with Crippen molar-refractivity contribution in [1.82, 2.24) is 0 Å². The number of aromatic hydroxyl groups is 4. The molecule has 0 atom stereocenters. The average Bonchev–Trinajstić information content (AvgIpc) is 3.10. The Morgan fingerprint density at radius 2 is 0.729 bits per heavy atom. The third kappa shape index (κ3) is 9.52. The highest BCUT2D eigenvalue weighted by Crippen LogP contribution is 2.54. The zero-order valence-electron chi connectivity index (χ0n) is 36.0. The Labute approximate surface area is 365 Å². The molecule has 0 saturated carbocycles. The number of phenolic OH excluding ortho intramolecular Hbond substituents is 4. The van der Waals surface area contributed by atoms with Crippen LogP contribution in [0.2, 0.25) is 0 Å². The van der Waals surface area contributed by atoms with Crippen molar-refractivity contribution in [3.05, 3.63) is 101 Å². The average molecular weight is 890 g/mol. The summed E-state index contributed by atoms with van der Waals surface area (Å²) in [7, 11) is -6.22. The Balaban J connectivity index is 1.83. The maximum Gasteiger partial charge on any atom is 0.288 e. The predicted molar refractivity (Wildman–Crippen MR) is 244 cm³/mol. The number of hydrogen-bond donors (Lipinski definition) is 4. The summed E-state index contributed by atoms with van der Waals surface area (Å²) in [4.78, 5) is 3.17. The van der Waals surface area contributed by atoms with Crippen LogP contribution in [0.25, 0.3) is 0 Å². The van der Waals surface area contributed by atoms with E-state index >= 15 is 0 Å². The van der Waals surface area contributed by atoms with Crippen molar-refractivity contribution in [2.75, 3.05) is 0 Å². The summed E-state index contributed by atoms with van der Waals surface area (Å²) in [5, 5.41) is 49.2. The minimum Gasteiger partial charge on any atom is -0.506 e. The van der Waals surface area contributed by atoms with Crippen LogP contribution in [-0.2, 0) is 42.4 Å². The highest BCUT2D eigenvalue weighted by Gasteiger charge is 2.31. The molecule has 0 amide bonds. The van der Waals surface area contributed by atoms with Crippen LogP contribution in [0.15, 0.2) is 121 Å². The zero-order chi connectivity index (χ0) is 43.8. The van der Waals surface area contributed by atoms with Crippen LogP contribution in [0, 0.1) is 6.92 Å². The summed E-state index contributed by atoms with van der Waals surface area (Å²) >= 11 is 3.62. The van der Waals surface area contributed by atoms with Crippen LogP contribution in [0.1, 0.15) is 111 Å². The van der Waals surface area contributed by atoms with E-state index in [9.17, 15) is 28.8 Å². The van der Waals surface area contributed by atoms with Gasteiger partial charge in [0.1, 0.15) is 23.0 Å². The Hall–Kier alpha value is -3.55. The van der Waals surface area contributed by atoms with E-state index in [4.69, 9.17) is 0 Å². The molecule has 1 aliphatic rings. The summed E-state index contributed by atoms with van der Waals surface area (Å²) in [6.07, 6.45) is 0. The first-order chi connectivity index (χ1) is 27.0. The highest BCUT2D eigenvalue weighted by molar-refractivity contribution is 8.01. The van der Waals surface area contributed by atoms with E-state index in [1.54, 1.807) is 24.3 Å². The van der Waals surface area contributed by atoms with Crippen LogP contribution in [0.3, 0.4) is 0 Å². The molecule has 0 aliphatic carbocycles. The van der Waals surface area contributed by atoms with Gasteiger partial charge in [-0.1, -0.05) is 136 Å². The fraction of sp³-hybridized carbons (Fsp3) is 0.362. The second kappa shape index (κ2) is 15.7. The minimum absolute atomic E-state index is 0.0136. The van der Waals surface area contributed by atoms with Crippen molar-refractivity contribution in [1.29, 1.82) is 0 Å². The lowest BCUT2D eigenvalue weighted by Gasteiger charge is -2.27. The van der Waals surface area contributed by atoms with Gasteiger partial charge in [-0.3, -0.25) is 0 Å². The van der Waals surface area contributed by atoms with Crippen LogP contribution in [-0.4, -0.2) is 28.8 Å². The number of nitrogens with zero attached hydrogens (tertiary/aromatic N) is 1. The van der Waals surface area contributed by atoms with E-state index in [0.717, 1.165) is 27.8 Å². The monoisotopic (exact) mass is 889 g/mol. The molecule has 314 valence electrons. The van der Waals surface area contributed by atoms with E-state index in [1.807, 2.05) is 84.9 Å². The van der Waals surface area contributed by atoms with E-state index in [0.29, 0.717) is 29.4 Å². The lowest BCUT2D eigenvalue weighted by atomic mass is 9.87. The lowest BCUT2D eigenvalue weighted by Crippen LogP contribution is -2.14. The number of rotatable bonds is 2. The van der Waals surface area contributed by atoms with Gasteiger partial charge in [0, 0.05) is 0 Å². The van der Waals surface area contributed by atoms with Crippen molar-refractivity contribution >= 4 is 56.0 Å². The maximum absolute atomic E-state index is 14.4. The Morgan fingerprint density at radius 1 is 0.458 bits per heavy atom. The predicted octanol–water partition coefficient (Wildman–Crippen LogP) is 13.4. The second-order valence-corrected chi connectivity index (χ2v) is 26.0. The highest BCUT2D eigenvalue weighted by atomic mass is 32.3. The number of benzene rings is 5. The van der Waals surface area contributed by atoms with Crippen LogP contribution in [0.4, 0.5) is 0 Å². The van der Waals surface area contributed by atoms with Gasteiger partial charge in [-0.05, 0) is 122 Å². The summed E-state index contributed by atoms with van der Waals surface area (Å²) < 4.78 is 33.5. The first-order valence-corrected chi connectivity index (χ1v) is 24.4. The molecule has 4 N–H and O–H groups in total. The minimum atomic E-state index is -4.38. The largest absolute Gasteiger partial charge is 0.506 e. The molecule has 59 heavy (non-hydrogen) atoms. The van der Waals surface area contributed by atoms with Gasteiger partial charge in [-0.2, -0.15) is 8.42 Å². The van der Waals surface area contributed by atoms with Gasteiger partial charge in [-0.25, -0.2) is 0 Å². The molecule has 8 bridgehead atoms. The van der Waals surface area contributed by atoms with Gasteiger partial charge in [0.05, 0.1) is 44.1 Å². The van der Waals surface area contributed by atoms with Gasteiger partial charge < -0.3 is 20.4 Å². The van der Waals surface area contributed by atoms with Crippen LogP contribution in [0.5, 0.6) is 23.0 Å². The lowest BCUT2D eigenvalue weighted by molar-refractivity contribution is 0.441. The third-order valence-electron chi connectivity index (χ3n) is 10.2. The molecular weight excluding hydrogens is 835 g/mol. The molecule has 0 aromatic heterocycles. The van der Waals surface area contributed by atoms with Crippen molar-refractivity contribution < 1.29 is 28.8 Å². The molecule has 0 fully saturated rings. The van der Waals surface area contributed by atoms with Crippen LogP contribution < -0.4 is 0 Å². The number of sulfonamides is 1. The van der Waals surface area contributed by atoms with Crippen molar-refractivity contribution in [3.8, 4) is 23.0 Å². The van der Waals surface area contributed by atoms with Crippen molar-refractivity contribution in [3.63, 3.8) is 0 Å². The van der Waals surface area contributed by atoms with E-state index in [-0.39, 0.29) is 48.5 Å². The number of fused-ring (bicyclic) bond motifs is 8. The van der Waals surface area contributed by atoms with Crippen molar-refractivity contribution in [2.24, 2.45) is 3.77 Å². The maximum atomic E-state index is 14.4. The molecule has 5 aromatic carbocycles. The molecule has 0 radical (unpaired) electrons.